The maximum absolute atomic E-state index is 12.0. The highest BCUT2D eigenvalue weighted by molar-refractivity contribution is 7.93. The van der Waals surface area contributed by atoms with Crippen LogP contribution in [-0.2, 0) is 21.2 Å². The van der Waals surface area contributed by atoms with Gasteiger partial charge in [0.1, 0.15) is 5.01 Å². The maximum atomic E-state index is 12.0. The minimum Gasteiger partial charge on any atom is -0.297 e. The van der Waals surface area contributed by atoms with Crippen molar-refractivity contribution in [2.24, 2.45) is 0 Å². The molecule has 1 aromatic heterocycles. The molecule has 26 heavy (non-hydrogen) atoms. The maximum Gasteiger partial charge on any atom is 0.250 e. The third kappa shape index (κ3) is 4.47. The lowest BCUT2D eigenvalue weighted by Crippen LogP contribution is -2.24. The van der Waals surface area contributed by atoms with Crippen molar-refractivity contribution in [1.29, 1.82) is 0 Å². The molecule has 1 aliphatic heterocycles. The molecular weight excluding hydrogens is 372 g/mol. The van der Waals surface area contributed by atoms with E-state index < -0.39 is 10.0 Å². The second-order valence-corrected chi connectivity index (χ2v) is 8.98. The van der Waals surface area contributed by atoms with Gasteiger partial charge in [-0.05, 0) is 36.6 Å². The molecule has 1 saturated heterocycles. The Morgan fingerprint density at radius 2 is 2.08 bits per heavy atom. The predicted molar refractivity (Wildman–Crippen MR) is 104 cm³/mol. The molecule has 1 amide bonds. The highest BCUT2D eigenvalue weighted by Gasteiger charge is 2.28. The fourth-order valence-corrected chi connectivity index (χ4v) is 5.03. The first-order valence-electron chi connectivity index (χ1n) is 8.40. The second-order valence-electron chi connectivity index (χ2n) is 5.91. The van der Waals surface area contributed by atoms with Gasteiger partial charge in [0.05, 0.1) is 11.4 Å². The van der Waals surface area contributed by atoms with Gasteiger partial charge >= 0.3 is 0 Å². The van der Waals surface area contributed by atoms with Crippen LogP contribution in [0.4, 0.5) is 10.8 Å². The summed E-state index contributed by atoms with van der Waals surface area (Å²) >= 11 is 1.37. The average molecular weight is 393 g/mol. The van der Waals surface area contributed by atoms with E-state index in [-0.39, 0.29) is 11.7 Å². The van der Waals surface area contributed by atoms with Gasteiger partial charge in [0.2, 0.25) is 21.1 Å². The molecule has 0 atom stereocenters. The summed E-state index contributed by atoms with van der Waals surface area (Å²) in [4.78, 5) is 12.0. The van der Waals surface area contributed by atoms with Gasteiger partial charge in [-0.2, -0.15) is 0 Å². The third-order valence-electron chi connectivity index (χ3n) is 3.87. The van der Waals surface area contributed by atoms with Crippen molar-refractivity contribution in [3.05, 3.63) is 40.9 Å². The Balaban J connectivity index is 1.60. The lowest BCUT2D eigenvalue weighted by molar-refractivity contribution is -0.111. The minimum absolute atomic E-state index is 0.195. The monoisotopic (exact) mass is 392 g/mol. The number of benzene rings is 1. The molecule has 138 valence electrons. The Kier molecular flexibility index (Phi) is 5.67. The molecule has 2 heterocycles. The second kappa shape index (κ2) is 7.96. The molecule has 9 heteroatoms. The number of sulfonamides is 1. The molecule has 2 aromatic rings. The van der Waals surface area contributed by atoms with Gasteiger partial charge in [0.25, 0.3) is 0 Å². The number of carbonyl (C=O) groups excluding carboxylic acids is 1. The van der Waals surface area contributed by atoms with Gasteiger partial charge in [-0.3, -0.25) is 14.4 Å². The van der Waals surface area contributed by atoms with Gasteiger partial charge in [-0.15, -0.1) is 10.2 Å². The first-order chi connectivity index (χ1) is 12.5. The van der Waals surface area contributed by atoms with Crippen LogP contribution in [-0.4, -0.2) is 36.8 Å². The normalized spacial score (nSPS) is 16.3. The number of hydrogen-bond acceptors (Lipinski definition) is 6. The minimum atomic E-state index is -3.18. The van der Waals surface area contributed by atoms with Crippen LogP contribution in [0.25, 0.3) is 6.08 Å². The molecular formula is C17H20N4O3S2. The number of nitrogens with one attached hydrogen (secondary N) is 1. The molecule has 0 bridgehead atoms. The van der Waals surface area contributed by atoms with Gasteiger partial charge in [-0.1, -0.05) is 30.4 Å². The van der Waals surface area contributed by atoms with Crippen LogP contribution < -0.4 is 9.62 Å². The number of aryl methyl sites for hydroxylation is 1. The Labute approximate surface area is 156 Å². The fourth-order valence-electron chi connectivity index (χ4n) is 2.62. The van der Waals surface area contributed by atoms with E-state index in [0.717, 1.165) is 23.4 Å². The largest absolute Gasteiger partial charge is 0.297 e. The zero-order valence-electron chi connectivity index (χ0n) is 14.4. The van der Waals surface area contributed by atoms with Crippen molar-refractivity contribution < 1.29 is 13.2 Å². The van der Waals surface area contributed by atoms with Gasteiger partial charge in [0.15, 0.2) is 0 Å². The van der Waals surface area contributed by atoms with Crippen molar-refractivity contribution in [2.75, 3.05) is 21.9 Å². The molecule has 0 radical (unpaired) electrons. The predicted octanol–water partition coefficient (Wildman–Crippen LogP) is 2.68. The molecule has 3 rings (SSSR count). The van der Waals surface area contributed by atoms with Crippen LogP contribution in [0.5, 0.6) is 0 Å². The molecule has 0 spiro atoms. The number of aromatic nitrogens is 2. The van der Waals surface area contributed by atoms with Crippen molar-refractivity contribution in [3.8, 4) is 0 Å². The molecule has 1 aliphatic rings. The number of anilines is 2. The molecule has 1 aromatic carbocycles. The summed E-state index contributed by atoms with van der Waals surface area (Å²) in [7, 11) is -3.18. The molecule has 1 fully saturated rings. The summed E-state index contributed by atoms with van der Waals surface area (Å²) in [6.45, 7) is 2.58. The third-order valence-corrected chi connectivity index (χ3v) is 6.64. The van der Waals surface area contributed by atoms with E-state index in [1.54, 1.807) is 30.3 Å². The Morgan fingerprint density at radius 3 is 2.73 bits per heavy atom. The van der Waals surface area contributed by atoms with Crippen LogP contribution in [0.3, 0.4) is 0 Å². The first-order valence-corrected chi connectivity index (χ1v) is 10.8. The fraction of sp³-hybridized carbons (Fsp3) is 0.353. The van der Waals surface area contributed by atoms with Crippen molar-refractivity contribution in [3.63, 3.8) is 0 Å². The van der Waals surface area contributed by atoms with E-state index in [1.807, 2.05) is 0 Å². The zero-order chi connectivity index (χ0) is 18.6. The Bertz CT molecular complexity index is 904. The highest BCUT2D eigenvalue weighted by atomic mass is 32.2. The van der Waals surface area contributed by atoms with E-state index >= 15 is 0 Å². The quantitative estimate of drug-likeness (QED) is 0.763. The topological polar surface area (TPSA) is 92.3 Å². The SMILES string of the molecule is CCCc1nnc(NC(=O)/C=C/c2ccc(N3CCCS3(=O)=O)cc2)s1. The summed E-state index contributed by atoms with van der Waals surface area (Å²) in [5.74, 6) is -0.0872. The smallest absolute Gasteiger partial charge is 0.250 e. The van der Waals surface area contributed by atoms with Crippen molar-refractivity contribution in [1.82, 2.24) is 10.2 Å². The van der Waals surface area contributed by atoms with E-state index in [9.17, 15) is 13.2 Å². The lowest BCUT2D eigenvalue weighted by Gasteiger charge is -2.16. The standard InChI is InChI=1S/C17H20N4O3S2/c1-2-4-16-19-20-17(25-16)18-15(22)10-7-13-5-8-14(9-6-13)21-11-3-12-26(21,23)24/h5-10H,2-4,11-12H2,1H3,(H,18,20,22)/b10-7+. The van der Waals surface area contributed by atoms with E-state index in [2.05, 4.69) is 22.4 Å². The van der Waals surface area contributed by atoms with Crippen LogP contribution >= 0.6 is 11.3 Å². The molecule has 0 aliphatic carbocycles. The number of nitrogens with zero attached hydrogens (tertiary/aromatic N) is 3. The highest BCUT2D eigenvalue weighted by Crippen LogP contribution is 2.24. The number of rotatable bonds is 6. The number of carbonyl (C=O) groups is 1. The van der Waals surface area contributed by atoms with Gasteiger partial charge < -0.3 is 0 Å². The Morgan fingerprint density at radius 1 is 1.31 bits per heavy atom. The molecule has 7 nitrogen and oxygen atoms in total. The number of amides is 1. The summed E-state index contributed by atoms with van der Waals surface area (Å²) in [6.07, 6.45) is 5.57. The van der Waals surface area contributed by atoms with Crippen molar-refractivity contribution in [2.45, 2.75) is 26.2 Å². The average Bonchev–Trinajstić information content (AvgIpc) is 3.19. The summed E-state index contributed by atoms with van der Waals surface area (Å²) in [5.41, 5.74) is 1.46. The molecule has 0 saturated carbocycles. The van der Waals surface area contributed by atoms with E-state index in [4.69, 9.17) is 0 Å². The summed E-state index contributed by atoms with van der Waals surface area (Å²) < 4.78 is 25.3. The van der Waals surface area contributed by atoms with Crippen LogP contribution in [0.1, 0.15) is 30.3 Å². The van der Waals surface area contributed by atoms with Crippen LogP contribution in [0.2, 0.25) is 0 Å². The Hall–Kier alpha value is -2.26. The van der Waals surface area contributed by atoms with Gasteiger partial charge in [-0.25, -0.2) is 8.42 Å². The van der Waals surface area contributed by atoms with E-state index in [1.165, 1.54) is 21.7 Å². The van der Waals surface area contributed by atoms with E-state index in [0.29, 0.717) is 23.8 Å². The van der Waals surface area contributed by atoms with Crippen LogP contribution in [0.15, 0.2) is 30.3 Å². The zero-order valence-corrected chi connectivity index (χ0v) is 16.0. The van der Waals surface area contributed by atoms with Gasteiger partial charge in [0, 0.05) is 19.0 Å². The van der Waals surface area contributed by atoms with Crippen LogP contribution in [0, 0.1) is 0 Å². The number of hydrogen-bond donors (Lipinski definition) is 1. The molecule has 0 unspecified atom stereocenters. The lowest BCUT2D eigenvalue weighted by atomic mass is 10.2. The van der Waals surface area contributed by atoms with Crippen molar-refractivity contribution >= 4 is 44.2 Å². The summed E-state index contributed by atoms with van der Waals surface area (Å²) in [5, 5.41) is 12.0. The first kappa shape index (κ1) is 18.5. The molecule has 1 N–H and O–H groups in total. The summed E-state index contributed by atoms with van der Waals surface area (Å²) in [6, 6.07) is 7.08.